The SMILES string of the molecule is CC.CC.CC(O)c1ccc2ccccc2c1. The highest BCUT2D eigenvalue weighted by atomic mass is 16.3. The molecule has 0 aliphatic rings. The molecule has 1 N–H and O–H groups in total. The summed E-state index contributed by atoms with van der Waals surface area (Å²) in [5.74, 6) is 0. The Balaban J connectivity index is 0.000000581. The third kappa shape index (κ3) is 4.58. The fourth-order valence-corrected chi connectivity index (χ4v) is 1.47. The van der Waals surface area contributed by atoms with Crippen molar-refractivity contribution in [2.75, 3.05) is 0 Å². The van der Waals surface area contributed by atoms with Gasteiger partial charge in [-0.25, -0.2) is 0 Å². The van der Waals surface area contributed by atoms with E-state index in [2.05, 4.69) is 12.1 Å². The molecule has 94 valence electrons. The molecule has 17 heavy (non-hydrogen) atoms. The Kier molecular flexibility index (Phi) is 8.08. The molecule has 0 saturated heterocycles. The van der Waals surface area contributed by atoms with Gasteiger partial charge >= 0.3 is 0 Å². The summed E-state index contributed by atoms with van der Waals surface area (Å²) in [6.07, 6.45) is -0.385. The number of hydrogen-bond donors (Lipinski definition) is 1. The van der Waals surface area contributed by atoms with Gasteiger partial charge in [0.25, 0.3) is 0 Å². The molecule has 0 bridgehead atoms. The molecule has 0 amide bonds. The second-order valence-corrected chi connectivity index (χ2v) is 3.28. The summed E-state index contributed by atoms with van der Waals surface area (Å²) in [5.41, 5.74) is 0.971. The van der Waals surface area contributed by atoms with Crippen molar-refractivity contribution >= 4 is 10.8 Å². The molecule has 2 aromatic carbocycles. The predicted molar refractivity (Wildman–Crippen MR) is 77.3 cm³/mol. The van der Waals surface area contributed by atoms with Crippen molar-refractivity contribution in [1.29, 1.82) is 0 Å². The van der Waals surface area contributed by atoms with Gasteiger partial charge in [0.05, 0.1) is 6.10 Å². The lowest BCUT2D eigenvalue weighted by Gasteiger charge is -2.05. The first kappa shape index (κ1) is 15.7. The molecular formula is C16H24O. The minimum Gasteiger partial charge on any atom is -0.389 e. The normalized spacial score (nSPS) is 10.7. The minimum absolute atomic E-state index is 0.385. The van der Waals surface area contributed by atoms with E-state index in [-0.39, 0.29) is 6.10 Å². The van der Waals surface area contributed by atoms with Gasteiger partial charge in [0.1, 0.15) is 0 Å². The van der Waals surface area contributed by atoms with Crippen molar-refractivity contribution in [3.05, 3.63) is 48.0 Å². The van der Waals surface area contributed by atoms with Crippen molar-refractivity contribution in [1.82, 2.24) is 0 Å². The van der Waals surface area contributed by atoms with Crippen LogP contribution >= 0.6 is 0 Å². The Labute approximate surface area is 105 Å². The van der Waals surface area contributed by atoms with E-state index in [0.717, 1.165) is 5.56 Å². The van der Waals surface area contributed by atoms with Crippen LogP contribution in [0.1, 0.15) is 46.3 Å². The average Bonchev–Trinajstić information content (AvgIpc) is 2.42. The summed E-state index contributed by atoms with van der Waals surface area (Å²) in [6, 6.07) is 14.2. The summed E-state index contributed by atoms with van der Waals surface area (Å²) in [7, 11) is 0. The zero-order valence-electron chi connectivity index (χ0n) is 11.6. The van der Waals surface area contributed by atoms with Crippen LogP contribution in [-0.2, 0) is 0 Å². The lowest BCUT2D eigenvalue weighted by molar-refractivity contribution is 0.199. The van der Waals surface area contributed by atoms with Gasteiger partial charge < -0.3 is 5.11 Å². The first-order valence-electron chi connectivity index (χ1n) is 6.44. The molecule has 0 aliphatic heterocycles. The second kappa shape index (κ2) is 8.77. The molecule has 0 aliphatic carbocycles. The lowest BCUT2D eigenvalue weighted by Crippen LogP contribution is -1.89. The smallest absolute Gasteiger partial charge is 0.0762 e. The van der Waals surface area contributed by atoms with Gasteiger partial charge in [0, 0.05) is 0 Å². The van der Waals surface area contributed by atoms with Gasteiger partial charge in [-0.05, 0) is 29.3 Å². The first-order valence-corrected chi connectivity index (χ1v) is 6.44. The summed E-state index contributed by atoms with van der Waals surface area (Å²) in [6.45, 7) is 9.78. The minimum atomic E-state index is -0.385. The number of benzene rings is 2. The highest BCUT2D eigenvalue weighted by Crippen LogP contribution is 2.19. The Morgan fingerprint density at radius 2 is 1.35 bits per heavy atom. The molecule has 0 saturated carbocycles. The van der Waals surface area contributed by atoms with Gasteiger partial charge in [-0.1, -0.05) is 64.1 Å². The maximum Gasteiger partial charge on any atom is 0.0762 e. The standard InChI is InChI=1S/C12H12O.2C2H6/c1-9(13)11-7-6-10-4-2-3-5-12(10)8-11;2*1-2/h2-9,13H,1H3;2*1-2H3. The van der Waals surface area contributed by atoms with E-state index in [1.54, 1.807) is 6.92 Å². The number of hydrogen-bond acceptors (Lipinski definition) is 1. The number of fused-ring (bicyclic) bond motifs is 1. The second-order valence-electron chi connectivity index (χ2n) is 3.28. The van der Waals surface area contributed by atoms with E-state index in [1.165, 1.54) is 10.8 Å². The Morgan fingerprint density at radius 1 is 0.824 bits per heavy atom. The van der Waals surface area contributed by atoms with Crippen molar-refractivity contribution in [3.8, 4) is 0 Å². The van der Waals surface area contributed by atoms with Crippen LogP contribution in [0.5, 0.6) is 0 Å². The molecule has 1 unspecified atom stereocenters. The highest BCUT2D eigenvalue weighted by Gasteiger charge is 2.00. The summed E-state index contributed by atoms with van der Waals surface area (Å²) >= 11 is 0. The summed E-state index contributed by atoms with van der Waals surface area (Å²) in [5, 5.41) is 11.8. The molecule has 0 spiro atoms. The molecule has 2 rings (SSSR count). The van der Waals surface area contributed by atoms with Crippen molar-refractivity contribution in [2.24, 2.45) is 0 Å². The fourth-order valence-electron chi connectivity index (χ4n) is 1.47. The Bertz CT molecular complexity index is 419. The number of rotatable bonds is 1. The zero-order valence-corrected chi connectivity index (χ0v) is 11.6. The third-order valence-electron chi connectivity index (χ3n) is 2.26. The maximum atomic E-state index is 9.38. The molecule has 1 nitrogen and oxygen atoms in total. The van der Waals surface area contributed by atoms with Gasteiger partial charge in [-0.3, -0.25) is 0 Å². The average molecular weight is 232 g/mol. The van der Waals surface area contributed by atoms with Crippen LogP contribution in [0, 0.1) is 0 Å². The number of aliphatic hydroxyl groups is 1. The van der Waals surface area contributed by atoms with Gasteiger partial charge in [-0.2, -0.15) is 0 Å². The molecule has 1 heteroatoms. The molecular weight excluding hydrogens is 208 g/mol. The van der Waals surface area contributed by atoms with E-state index in [4.69, 9.17) is 0 Å². The zero-order chi connectivity index (χ0) is 13.3. The molecule has 0 fully saturated rings. The topological polar surface area (TPSA) is 20.2 Å². The van der Waals surface area contributed by atoms with Crippen LogP contribution in [0.3, 0.4) is 0 Å². The van der Waals surface area contributed by atoms with E-state index in [1.807, 2.05) is 58.0 Å². The van der Waals surface area contributed by atoms with E-state index < -0.39 is 0 Å². The quantitative estimate of drug-likeness (QED) is 0.738. The van der Waals surface area contributed by atoms with E-state index in [0.29, 0.717) is 0 Å². The van der Waals surface area contributed by atoms with Crippen LogP contribution in [0.25, 0.3) is 10.8 Å². The van der Waals surface area contributed by atoms with Gasteiger partial charge in [-0.15, -0.1) is 0 Å². The summed E-state index contributed by atoms with van der Waals surface area (Å²) < 4.78 is 0. The molecule has 0 aromatic heterocycles. The van der Waals surface area contributed by atoms with Crippen LogP contribution < -0.4 is 0 Å². The third-order valence-corrected chi connectivity index (χ3v) is 2.26. The molecule has 2 aromatic rings. The first-order chi connectivity index (χ1) is 8.27. The summed E-state index contributed by atoms with van der Waals surface area (Å²) in [4.78, 5) is 0. The monoisotopic (exact) mass is 232 g/mol. The predicted octanol–water partition coefficient (Wildman–Crippen LogP) is 4.95. The van der Waals surface area contributed by atoms with E-state index >= 15 is 0 Å². The Hall–Kier alpha value is -1.34. The fraction of sp³-hybridized carbons (Fsp3) is 0.375. The van der Waals surface area contributed by atoms with Crippen LogP contribution in [0.2, 0.25) is 0 Å². The lowest BCUT2D eigenvalue weighted by atomic mass is 10.0. The highest BCUT2D eigenvalue weighted by molar-refractivity contribution is 5.83. The van der Waals surface area contributed by atoms with Crippen LogP contribution in [0.15, 0.2) is 42.5 Å². The Morgan fingerprint density at radius 3 is 1.88 bits per heavy atom. The van der Waals surface area contributed by atoms with Crippen LogP contribution in [-0.4, -0.2) is 5.11 Å². The molecule has 0 radical (unpaired) electrons. The molecule has 0 heterocycles. The van der Waals surface area contributed by atoms with Crippen molar-refractivity contribution in [3.63, 3.8) is 0 Å². The van der Waals surface area contributed by atoms with Gasteiger partial charge in [0.15, 0.2) is 0 Å². The van der Waals surface area contributed by atoms with E-state index in [9.17, 15) is 5.11 Å². The van der Waals surface area contributed by atoms with Crippen LogP contribution in [0.4, 0.5) is 0 Å². The van der Waals surface area contributed by atoms with Crippen molar-refractivity contribution < 1.29 is 5.11 Å². The molecule has 1 atom stereocenters. The number of aliphatic hydroxyl groups excluding tert-OH is 1. The maximum absolute atomic E-state index is 9.38. The largest absolute Gasteiger partial charge is 0.389 e. The van der Waals surface area contributed by atoms with Crippen molar-refractivity contribution in [2.45, 2.75) is 40.7 Å². The van der Waals surface area contributed by atoms with Gasteiger partial charge in [0.2, 0.25) is 0 Å².